The van der Waals surface area contributed by atoms with Gasteiger partial charge in [0.1, 0.15) is 11.9 Å². The molecule has 1 rings (SSSR count). The predicted octanol–water partition coefficient (Wildman–Crippen LogP) is 2.15. The maximum absolute atomic E-state index is 5.92. The topological polar surface area (TPSA) is 73.6 Å². The molecule has 1 aliphatic carbocycles. The molecule has 0 heterocycles. The van der Waals surface area contributed by atoms with E-state index in [9.17, 15) is 0 Å². The first kappa shape index (κ1) is 14.0. The predicted molar refractivity (Wildman–Crippen MR) is 71.5 cm³/mol. The maximum atomic E-state index is 5.92. The molecule has 0 bridgehead atoms. The second kappa shape index (κ2) is 6.64. The molecule has 0 radical (unpaired) electrons. The lowest BCUT2D eigenvalue weighted by atomic mass is 9.93. The number of rotatable bonds is 4. The molecule has 0 aliphatic heterocycles. The van der Waals surface area contributed by atoms with Crippen molar-refractivity contribution in [1.82, 2.24) is 0 Å². The van der Waals surface area contributed by atoms with Crippen LogP contribution in [-0.4, -0.2) is 18.0 Å². The SMILES string of the molecule is C=C(N)N=C(CC(C)C)OC1CCC(N)CC1. The molecule has 1 aliphatic rings. The molecular formula is C13H25N3O. The fraction of sp³-hybridized carbons (Fsp3) is 0.769. The Kier molecular flexibility index (Phi) is 5.48. The molecule has 0 spiro atoms. The summed E-state index contributed by atoms with van der Waals surface area (Å²) in [6.45, 7) is 7.87. The van der Waals surface area contributed by atoms with Gasteiger partial charge < -0.3 is 16.2 Å². The first-order valence-electron chi connectivity index (χ1n) is 6.41. The molecule has 0 saturated heterocycles. The van der Waals surface area contributed by atoms with E-state index in [0.717, 1.165) is 32.1 Å². The number of ether oxygens (including phenoxy) is 1. The largest absolute Gasteiger partial charge is 0.477 e. The zero-order valence-electron chi connectivity index (χ0n) is 11.0. The van der Waals surface area contributed by atoms with Crippen molar-refractivity contribution in [3.8, 4) is 0 Å². The Bertz CT molecular complexity index is 278. The minimum Gasteiger partial charge on any atom is -0.477 e. The van der Waals surface area contributed by atoms with Gasteiger partial charge in [0.15, 0.2) is 5.90 Å². The minimum atomic E-state index is 0.242. The van der Waals surface area contributed by atoms with Crippen LogP contribution in [0.3, 0.4) is 0 Å². The van der Waals surface area contributed by atoms with Crippen molar-refractivity contribution in [2.75, 3.05) is 0 Å². The zero-order chi connectivity index (χ0) is 12.8. The van der Waals surface area contributed by atoms with E-state index < -0.39 is 0 Å². The van der Waals surface area contributed by atoms with E-state index >= 15 is 0 Å². The maximum Gasteiger partial charge on any atom is 0.190 e. The highest BCUT2D eigenvalue weighted by Crippen LogP contribution is 2.21. The standard InChI is InChI=1S/C13H25N3O/c1-9(2)8-13(16-10(3)14)17-12-6-4-11(15)5-7-12/h9,11-12H,3-8,14-15H2,1-2H3. The van der Waals surface area contributed by atoms with Gasteiger partial charge in [-0.25, -0.2) is 4.99 Å². The minimum absolute atomic E-state index is 0.242. The molecule has 1 saturated carbocycles. The van der Waals surface area contributed by atoms with Crippen LogP contribution in [-0.2, 0) is 4.74 Å². The number of nitrogens with zero attached hydrogens (tertiary/aromatic N) is 1. The summed E-state index contributed by atoms with van der Waals surface area (Å²) in [5.41, 5.74) is 11.4. The lowest BCUT2D eigenvalue weighted by molar-refractivity contribution is 0.129. The van der Waals surface area contributed by atoms with Gasteiger partial charge in [-0.05, 0) is 31.6 Å². The number of aliphatic imine (C=N–C) groups is 1. The molecule has 0 amide bonds. The van der Waals surface area contributed by atoms with Gasteiger partial charge in [0, 0.05) is 12.5 Å². The normalized spacial score (nSPS) is 26.0. The highest BCUT2D eigenvalue weighted by Gasteiger charge is 2.21. The second-order valence-corrected chi connectivity index (χ2v) is 5.25. The lowest BCUT2D eigenvalue weighted by Crippen LogP contribution is -2.31. The first-order valence-corrected chi connectivity index (χ1v) is 6.41. The summed E-state index contributed by atoms with van der Waals surface area (Å²) in [5.74, 6) is 1.53. The van der Waals surface area contributed by atoms with Gasteiger partial charge in [0.05, 0.1) is 0 Å². The van der Waals surface area contributed by atoms with E-state index in [-0.39, 0.29) is 6.10 Å². The van der Waals surface area contributed by atoms with Gasteiger partial charge in [-0.15, -0.1) is 0 Å². The fourth-order valence-corrected chi connectivity index (χ4v) is 2.03. The lowest BCUT2D eigenvalue weighted by Gasteiger charge is -2.27. The highest BCUT2D eigenvalue weighted by atomic mass is 16.5. The van der Waals surface area contributed by atoms with Gasteiger partial charge in [0.25, 0.3) is 0 Å². The molecule has 0 aromatic rings. The van der Waals surface area contributed by atoms with Crippen LogP contribution in [0.5, 0.6) is 0 Å². The van der Waals surface area contributed by atoms with E-state index in [1.165, 1.54) is 0 Å². The molecule has 4 N–H and O–H groups in total. The second-order valence-electron chi connectivity index (χ2n) is 5.25. The van der Waals surface area contributed by atoms with Crippen molar-refractivity contribution < 1.29 is 4.74 Å². The Labute approximate surface area is 104 Å². The number of hydrogen-bond acceptors (Lipinski definition) is 4. The van der Waals surface area contributed by atoms with Crippen molar-refractivity contribution in [2.45, 2.75) is 58.1 Å². The quantitative estimate of drug-likeness (QED) is 0.583. The molecule has 0 unspecified atom stereocenters. The van der Waals surface area contributed by atoms with E-state index in [1.807, 2.05) is 0 Å². The number of hydrogen-bond donors (Lipinski definition) is 2. The summed E-state index contributed by atoms with van der Waals surface area (Å²) in [4.78, 5) is 4.18. The van der Waals surface area contributed by atoms with E-state index in [2.05, 4.69) is 25.4 Å². The van der Waals surface area contributed by atoms with Crippen molar-refractivity contribution in [3.63, 3.8) is 0 Å². The molecule has 4 nitrogen and oxygen atoms in total. The first-order chi connectivity index (χ1) is 7.97. The Hall–Kier alpha value is -1.03. The van der Waals surface area contributed by atoms with Crippen molar-refractivity contribution >= 4 is 5.90 Å². The number of nitrogens with two attached hydrogens (primary N) is 2. The van der Waals surface area contributed by atoms with Crippen molar-refractivity contribution in [2.24, 2.45) is 22.4 Å². The Balaban J connectivity index is 2.51. The molecule has 1 fully saturated rings. The van der Waals surface area contributed by atoms with E-state index in [4.69, 9.17) is 16.2 Å². The summed E-state index contributed by atoms with van der Waals surface area (Å²) in [7, 11) is 0. The van der Waals surface area contributed by atoms with Gasteiger partial charge in [-0.1, -0.05) is 20.4 Å². The molecule has 0 atom stereocenters. The van der Waals surface area contributed by atoms with Crippen LogP contribution in [0.15, 0.2) is 17.4 Å². The molecule has 98 valence electrons. The fourth-order valence-electron chi connectivity index (χ4n) is 2.03. The van der Waals surface area contributed by atoms with Crippen LogP contribution in [0.4, 0.5) is 0 Å². The van der Waals surface area contributed by atoms with Crippen LogP contribution < -0.4 is 11.5 Å². The van der Waals surface area contributed by atoms with Crippen LogP contribution in [0, 0.1) is 5.92 Å². The molecule has 0 aromatic heterocycles. The molecular weight excluding hydrogens is 214 g/mol. The third-order valence-corrected chi connectivity index (χ3v) is 2.87. The molecule has 4 heteroatoms. The van der Waals surface area contributed by atoms with Gasteiger partial charge >= 0.3 is 0 Å². The average Bonchev–Trinajstić information content (AvgIpc) is 2.19. The van der Waals surface area contributed by atoms with Crippen LogP contribution in [0.25, 0.3) is 0 Å². The summed E-state index contributed by atoms with van der Waals surface area (Å²) >= 11 is 0. The summed E-state index contributed by atoms with van der Waals surface area (Å²) in [6.07, 6.45) is 5.13. The smallest absolute Gasteiger partial charge is 0.190 e. The Morgan fingerprint density at radius 2 is 1.94 bits per heavy atom. The van der Waals surface area contributed by atoms with Gasteiger partial charge in [0.2, 0.25) is 0 Å². The molecule has 0 aromatic carbocycles. The summed E-state index contributed by atoms with van der Waals surface area (Å²) in [5, 5.41) is 0. The third kappa shape index (κ3) is 5.73. The van der Waals surface area contributed by atoms with Gasteiger partial charge in [-0.3, -0.25) is 0 Å². The van der Waals surface area contributed by atoms with Crippen LogP contribution in [0.1, 0.15) is 46.0 Å². The van der Waals surface area contributed by atoms with E-state index in [0.29, 0.717) is 23.7 Å². The Morgan fingerprint density at radius 3 is 2.41 bits per heavy atom. The Morgan fingerprint density at radius 1 is 1.35 bits per heavy atom. The van der Waals surface area contributed by atoms with Crippen molar-refractivity contribution in [1.29, 1.82) is 0 Å². The molecule has 17 heavy (non-hydrogen) atoms. The van der Waals surface area contributed by atoms with Crippen LogP contribution in [0.2, 0.25) is 0 Å². The average molecular weight is 239 g/mol. The van der Waals surface area contributed by atoms with E-state index in [1.54, 1.807) is 0 Å². The summed E-state index contributed by atoms with van der Waals surface area (Å²) < 4.78 is 5.92. The van der Waals surface area contributed by atoms with Crippen LogP contribution >= 0.6 is 0 Å². The van der Waals surface area contributed by atoms with Crippen molar-refractivity contribution in [3.05, 3.63) is 12.4 Å². The summed E-state index contributed by atoms with van der Waals surface area (Å²) in [6, 6.07) is 0.338. The highest BCUT2D eigenvalue weighted by molar-refractivity contribution is 5.77. The third-order valence-electron chi connectivity index (χ3n) is 2.87. The monoisotopic (exact) mass is 239 g/mol. The zero-order valence-corrected chi connectivity index (χ0v) is 11.0. The van der Waals surface area contributed by atoms with Gasteiger partial charge in [-0.2, -0.15) is 0 Å².